The number of likely N-dealkylation sites (N-methyl/N-ethyl adjacent to an activating group) is 1. The summed E-state index contributed by atoms with van der Waals surface area (Å²) in [5.74, 6) is 0.121. The Hall–Kier alpha value is -2.07. The van der Waals surface area contributed by atoms with Gasteiger partial charge < -0.3 is 14.8 Å². The largest absolute Gasteiger partial charge is 0.357 e. The maximum absolute atomic E-state index is 12.5. The van der Waals surface area contributed by atoms with Gasteiger partial charge in [0.2, 0.25) is 0 Å². The minimum atomic E-state index is 0.121. The van der Waals surface area contributed by atoms with Crippen LogP contribution in [0.15, 0.2) is 48.7 Å². The van der Waals surface area contributed by atoms with Crippen molar-refractivity contribution in [2.45, 2.75) is 25.3 Å². The van der Waals surface area contributed by atoms with Crippen molar-refractivity contribution < 1.29 is 4.79 Å². The number of aromatic amines is 1. The number of rotatable bonds is 5. The normalized spacial score (nSPS) is 18.3. The second-order valence-corrected chi connectivity index (χ2v) is 6.35. The number of likely N-dealkylation sites (tertiary alicyclic amines) is 1. The fourth-order valence-electron chi connectivity index (χ4n) is 3.27. The smallest absolute Gasteiger partial charge is 0.270 e. The van der Waals surface area contributed by atoms with Crippen molar-refractivity contribution in [3.8, 4) is 0 Å². The lowest BCUT2D eigenvalue weighted by atomic mass is 10.0. The molecule has 1 saturated heterocycles. The number of nitrogens with one attached hydrogen (secondary N) is 1. The molecule has 4 heteroatoms. The third-order valence-electron chi connectivity index (χ3n) is 4.73. The highest BCUT2D eigenvalue weighted by Gasteiger charge is 2.26. The molecule has 1 aromatic carbocycles. The third kappa shape index (κ3) is 4.02. The van der Waals surface area contributed by atoms with Gasteiger partial charge in [-0.15, -0.1) is 0 Å². The van der Waals surface area contributed by atoms with Gasteiger partial charge in [-0.3, -0.25) is 4.79 Å². The van der Waals surface area contributed by atoms with Gasteiger partial charge >= 0.3 is 0 Å². The lowest BCUT2D eigenvalue weighted by molar-refractivity contribution is 0.0606. The summed E-state index contributed by atoms with van der Waals surface area (Å²) >= 11 is 0. The maximum atomic E-state index is 12.5. The van der Waals surface area contributed by atoms with E-state index in [9.17, 15) is 4.79 Å². The Morgan fingerprint density at radius 2 is 2.09 bits per heavy atom. The van der Waals surface area contributed by atoms with Crippen LogP contribution in [0.3, 0.4) is 0 Å². The molecule has 3 rings (SSSR count). The first-order chi connectivity index (χ1) is 11.2. The Balaban J connectivity index is 1.54. The summed E-state index contributed by atoms with van der Waals surface area (Å²) in [7, 11) is 2.18. The van der Waals surface area contributed by atoms with Crippen LogP contribution in [0, 0.1) is 0 Å². The number of piperidine rings is 1. The van der Waals surface area contributed by atoms with E-state index in [0.717, 1.165) is 32.5 Å². The molecule has 0 saturated carbocycles. The van der Waals surface area contributed by atoms with Gasteiger partial charge in [0.1, 0.15) is 5.69 Å². The van der Waals surface area contributed by atoms with E-state index in [2.05, 4.69) is 47.3 Å². The molecule has 1 aliphatic rings. The van der Waals surface area contributed by atoms with E-state index in [1.165, 1.54) is 12.0 Å². The monoisotopic (exact) mass is 311 g/mol. The van der Waals surface area contributed by atoms with E-state index in [1.807, 2.05) is 17.0 Å². The lowest BCUT2D eigenvalue weighted by Crippen LogP contribution is -2.49. The standard InChI is InChI=1S/C19H25N3O/c1-21(14-11-16-7-3-2-4-8-16)17-9-6-13-22(15-17)19(23)18-10-5-12-20-18/h2-5,7-8,10,12,17,20H,6,9,11,13-15H2,1H3/t17-/m0/s1. The molecular formula is C19H25N3O. The summed E-state index contributed by atoms with van der Waals surface area (Å²) in [6, 6.07) is 14.8. The molecule has 2 heterocycles. The molecule has 4 nitrogen and oxygen atoms in total. The first kappa shape index (κ1) is 15.8. The van der Waals surface area contributed by atoms with Crippen molar-refractivity contribution in [1.82, 2.24) is 14.8 Å². The molecule has 1 amide bonds. The number of hydrogen-bond donors (Lipinski definition) is 1. The number of aromatic nitrogens is 1. The molecule has 1 aliphatic heterocycles. The van der Waals surface area contributed by atoms with Gasteiger partial charge in [0.05, 0.1) is 0 Å². The number of amides is 1. The van der Waals surface area contributed by atoms with Crippen LogP contribution >= 0.6 is 0 Å². The second kappa shape index (κ2) is 7.47. The predicted molar refractivity (Wildman–Crippen MR) is 92.5 cm³/mol. The van der Waals surface area contributed by atoms with Crippen LogP contribution in [0.2, 0.25) is 0 Å². The highest BCUT2D eigenvalue weighted by molar-refractivity contribution is 5.92. The molecule has 0 spiro atoms. The summed E-state index contributed by atoms with van der Waals surface area (Å²) in [5.41, 5.74) is 2.06. The van der Waals surface area contributed by atoms with Crippen molar-refractivity contribution in [2.24, 2.45) is 0 Å². The topological polar surface area (TPSA) is 39.3 Å². The summed E-state index contributed by atoms with van der Waals surface area (Å²) in [4.78, 5) is 19.9. The number of carbonyl (C=O) groups is 1. The van der Waals surface area contributed by atoms with Gasteiger partial charge in [0, 0.05) is 31.9 Å². The Kier molecular flexibility index (Phi) is 5.13. The van der Waals surface area contributed by atoms with E-state index in [4.69, 9.17) is 0 Å². The molecule has 1 atom stereocenters. The SMILES string of the molecule is CN(CCc1ccccc1)[C@H]1CCCN(C(=O)c2ccc[nH]2)C1. The molecule has 122 valence electrons. The molecule has 23 heavy (non-hydrogen) atoms. The average molecular weight is 311 g/mol. The fourth-order valence-corrected chi connectivity index (χ4v) is 3.27. The van der Waals surface area contributed by atoms with Gasteiger partial charge in [-0.25, -0.2) is 0 Å². The van der Waals surface area contributed by atoms with Gasteiger partial charge in [-0.05, 0) is 44.0 Å². The number of nitrogens with zero attached hydrogens (tertiary/aromatic N) is 2. The highest BCUT2D eigenvalue weighted by atomic mass is 16.2. The van der Waals surface area contributed by atoms with Crippen LogP contribution in [0.25, 0.3) is 0 Å². The van der Waals surface area contributed by atoms with Gasteiger partial charge in [0.15, 0.2) is 0 Å². The summed E-state index contributed by atoms with van der Waals surface area (Å²) in [5, 5.41) is 0. The van der Waals surface area contributed by atoms with Gasteiger partial charge in [-0.2, -0.15) is 0 Å². The van der Waals surface area contributed by atoms with Crippen LogP contribution in [-0.2, 0) is 6.42 Å². The molecule has 0 radical (unpaired) electrons. The molecule has 1 N–H and O–H groups in total. The van der Waals surface area contributed by atoms with Crippen molar-refractivity contribution in [2.75, 3.05) is 26.7 Å². The van der Waals surface area contributed by atoms with Crippen LogP contribution in [0.4, 0.5) is 0 Å². The minimum absolute atomic E-state index is 0.121. The maximum Gasteiger partial charge on any atom is 0.270 e. The molecular weight excluding hydrogens is 286 g/mol. The summed E-state index contributed by atoms with van der Waals surface area (Å²) in [6.07, 6.45) is 5.10. The zero-order valence-corrected chi connectivity index (χ0v) is 13.7. The number of carbonyl (C=O) groups excluding carboxylic acids is 1. The van der Waals surface area contributed by atoms with Crippen molar-refractivity contribution >= 4 is 5.91 Å². The van der Waals surface area contributed by atoms with E-state index in [1.54, 1.807) is 6.20 Å². The molecule has 1 fully saturated rings. The minimum Gasteiger partial charge on any atom is -0.357 e. The fraction of sp³-hybridized carbons (Fsp3) is 0.421. The van der Waals surface area contributed by atoms with E-state index in [0.29, 0.717) is 11.7 Å². The third-order valence-corrected chi connectivity index (χ3v) is 4.73. The van der Waals surface area contributed by atoms with Crippen LogP contribution in [0.5, 0.6) is 0 Å². The van der Waals surface area contributed by atoms with E-state index >= 15 is 0 Å². The first-order valence-electron chi connectivity index (χ1n) is 8.41. The number of benzene rings is 1. The molecule has 1 aromatic heterocycles. The van der Waals surface area contributed by atoms with Crippen molar-refractivity contribution in [3.63, 3.8) is 0 Å². The zero-order chi connectivity index (χ0) is 16.1. The average Bonchev–Trinajstić information content (AvgIpc) is 3.14. The van der Waals surface area contributed by atoms with Crippen LogP contribution in [-0.4, -0.2) is 53.4 Å². The van der Waals surface area contributed by atoms with Crippen molar-refractivity contribution in [3.05, 3.63) is 59.9 Å². The molecule has 2 aromatic rings. The highest BCUT2D eigenvalue weighted by Crippen LogP contribution is 2.17. The molecule has 0 unspecified atom stereocenters. The van der Waals surface area contributed by atoms with Crippen molar-refractivity contribution in [1.29, 1.82) is 0 Å². The predicted octanol–water partition coefficient (Wildman–Crippen LogP) is 2.79. The first-order valence-corrected chi connectivity index (χ1v) is 8.41. The molecule has 0 bridgehead atoms. The second-order valence-electron chi connectivity index (χ2n) is 6.35. The summed E-state index contributed by atoms with van der Waals surface area (Å²) < 4.78 is 0. The number of hydrogen-bond acceptors (Lipinski definition) is 2. The van der Waals surface area contributed by atoms with Crippen LogP contribution in [0.1, 0.15) is 28.9 Å². The van der Waals surface area contributed by atoms with Gasteiger partial charge in [-0.1, -0.05) is 30.3 Å². The lowest BCUT2D eigenvalue weighted by Gasteiger charge is -2.37. The van der Waals surface area contributed by atoms with E-state index in [-0.39, 0.29) is 5.91 Å². The van der Waals surface area contributed by atoms with Gasteiger partial charge in [0.25, 0.3) is 5.91 Å². The number of H-pyrrole nitrogens is 1. The Morgan fingerprint density at radius 3 is 2.83 bits per heavy atom. The molecule has 0 aliphatic carbocycles. The Bertz CT molecular complexity index is 609. The summed E-state index contributed by atoms with van der Waals surface area (Å²) in [6.45, 7) is 2.71. The Morgan fingerprint density at radius 1 is 1.26 bits per heavy atom. The Labute approximate surface area is 138 Å². The zero-order valence-electron chi connectivity index (χ0n) is 13.7. The van der Waals surface area contributed by atoms with E-state index < -0.39 is 0 Å². The quantitative estimate of drug-likeness (QED) is 0.922. The van der Waals surface area contributed by atoms with Crippen LogP contribution < -0.4 is 0 Å².